The molecule has 2 heteroatoms. The van der Waals surface area contributed by atoms with Crippen LogP contribution in [0.1, 0.15) is 37.5 Å². The summed E-state index contributed by atoms with van der Waals surface area (Å²) in [7, 11) is 2.14. The first kappa shape index (κ1) is 20.2. The summed E-state index contributed by atoms with van der Waals surface area (Å²) in [5.74, 6) is 1.93. The summed E-state index contributed by atoms with van der Waals surface area (Å²) in [6, 6.07) is 20.3. The van der Waals surface area contributed by atoms with E-state index in [0.717, 1.165) is 17.9 Å². The van der Waals surface area contributed by atoms with Gasteiger partial charge in [0.05, 0.1) is 10.9 Å². The van der Waals surface area contributed by atoms with Crippen molar-refractivity contribution in [3.05, 3.63) is 77.5 Å². The zero-order valence-electron chi connectivity index (χ0n) is 20.3. The molecule has 5 aromatic rings. The van der Waals surface area contributed by atoms with Crippen molar-refractivity contribution in [3.8, 4) is 22.8 Å². The van der Waals surface area contributed by atoms with Crippen molar-refractivity contribution < 1.29 is 9.30 Å². The van der Waals surface area contributed by atoms with E-state index in [1.807, 2.05) is 0 Å². The molecule has 0 atom stereocenters. The maximum absolute atomic E-state index is 6.76. The summed E-state index contributed by atoms with van der Waals surface area (Å²) in [6.07, 6.45) is 3.24. The monoisotopic (exact) mass is 432 g/mol. The molecule has 0 N–H and O–H groups in total. The number of rotatable bonds is 1. The van der Waals surface area contributed by atoms with Gasteiger partial charge in [-0.15, -0.1) is 0 Å². The lowest BCUT2D eigenvalue weighted by molar-refractivity contribution is -0.659. The van der Waals surface area contributed by atoms with Gasteiger partial charge in [0.15, 0.2) is 6.20 Å². The van der Waals surface area contributed by atoms with Crippen LogP contribution in [-0.4, -0.2) is 0 Å². The highest BCUT2D eigenvalue weighted by molar-refractivity contribution is 6.13. The average Bonchev–Trinajstić information content (AvgIpc) is 2.75. The molecule has 1 aliphatic heterocycles. The average molecular weight is 433 g/mol. The molecule has 1 aromatic heterocycles. The lowest BCUT2D eigenvalue weighted by atomic mass is 9.86. The van der Waals surface area contributed by atoms with Gasteiger partial charge in [0, 0.05) is 11.5 Å². The van der Waals surface area contributed by atoms with E-state index in [1.54, 1.807) is 0 Å². The Morgan fingerprint density at radius 3 is 2.42 bits per heavy atom. The molecule has 0 unspecified atom stereocenters. The van der Waals surface area contributed by atoms with Crippen molar-refractivity contribution in [1.82, 2.24) is 0 Å². The summed E-state index contributed by atoms with van der Waals surface area (Å²) in [5.41, 5.74) is 6.63. The van der Waals surface area contributed by atoms with Crippen LogP contribution in [0.3, 0.4) is 0 Å². The first-order valence-corrected chi connectivity index (χ1v) is 11.8. The molecular formula is C31H30NO+. The van der Waals surface area contributed by atoms with Gasteiger partial charge in [-0.2, -0.15) is 0 Å². The number of aryl methyl sites for hydroxylation is 3. The smallest absolute Gasteiger partial charge is 0.228 e. The Kier molecular flexibility index (Phi) is 4.17. The van der Waals surface area contributed by atoms with Gasteiger partial charge in [-0.25, -0.2) is 4.57 Å². The minimum absolute atomic E-state index is 0.256. The van der Waals surface area contributed by atoms with E-state index >= 15 is 0 Å². The van der Waals surface area contributed by atoms with Gasteiger partial charge in [0.1, 0.15) is 18.5 Å². The summed E-state index contributed by atoms with van der Waals surface area (Å²) >= 11 is 0. The van der Waals surface area contributed by atoms with E-state index in [1.165, 1.54) is 60.3 Å². The summed E-state index contributed by atoms with van der Waals surface area (Å²) in [4.78, 5) is 0. The normalized spacial score (nSPS) is 12.9. The van der Waals surface area contributed by atoms with Crippen molar-refractivity contribution in [3.63, 3.8) is 0 Å². The van der Waals surface area contributed by atoms with Crippen LogP contribution in [0.5, 0.6) is 11.5 Å². The van der Waals surface area contributed by atoms with Gasteiger partial charge < -0.3 is 4.74 Å². The lowest BCUT2D eigenvalue weighted by Gasteiger charge is -2.24. The second-order valence-electron chi connectivity index (χ2n) is 10.9. The highest BCUT2D eigenvalue weighted by atomic mass is 16.5. The number of hydrogen-bond donors (Lipinski definition) is 0. The second-order valence-corrected chi connectivity index (χ2v) is 10.9. The van der Waals surface area contributed by atoms with E-state index in [4.69, 9.17) is 4.74 Å². The number of benzene rings is 4. The molecular weight excluding hydrogens is 402 g/mol. The Hall–Kier alpha value is -3.39. The molecule has 0 aliphatic carbocycles. The zero-order valence-corrected chi connectivity index (χ0v) is 20.3. The number of nitrogens with zero attached hydrogens (tertiary/aromatic N) is 1. The van der Waals surface area contributed by atoms with E-state index in [-0.39, 0.29) is 5.41 Å². The van der Waals surface area contributed by atoms with Gasteiger partial charge in [-0.3, -0.25) is 0 Å². The molecule has 33 heavy (non-hydrogen) atoms. The third-order valence-corrected chi connectivity index (χ3v) is 6.96. The topological polar surface area (TPSA) is 13.1 Å². The van der Waals surface area contributed by atoms with Crippen LogP contribution in [0.25, 0.3) is 43.6 Å². The number of pyridine rings is 1. The van der Waals surface area contributed by atoms with E-state index in [2.05, 4.69) is 107 Å². The van der Waals surface area contributed by atoms with Crippen molar-refractivity contribution in [2.75, 3.05) is 0 Å². The number of aromatic nitrogens is 1. The summed E-state index contributed by atoms with van der Waals surface area (Å²) < 4.78 is 9.02. The Labute approximate surface area is 195 Å². The molecule has 2 heterocycles. The molecule has 0 spiro atoms. The molecule has 4 aromatic carbocycles. The van der Waals surface area contributed by atoms with Crippen LogP contribution in [0.2, 0.25) is 0 Å². The van der Waals surface area contributed by atoms with Crippen molar-refractivity contribution in [1.29, 1.82) is 0 Å². The third-order valence-electron chi connectivity index (χ3n) is 6.96. The quantitative estimate of drug-likeness (QED) is 0.190. The van der Waals surface area contributed by atoms with Gasteiger partial charge in [0.2, 0.25) is 5.69 Å². The summed E-state index contributed by atoms with van der Waals surface area (Å²) in [5, 5.41) is 7.38. The molecule has 0 fully saturated rings. The predicted octanol–water partition coefficient (Wildman–Crippen LogP) is 7.95. The van der Waals surface area contributed by atoms with Crippen molar-refractivity contribution in [2.45, 2.75) is 41.0 Å². The number of fused-ring (bicyclic) bond motifs is 5. The van der Waals surface area contributed by atoms with Crippen LogP contribution in [0.15, 0.2) is 60.8 Å². The molecule has 0 amide bonds. The Morgan fingerprint density at radius 2 is 1.64 bits per heavy atom. The third kappa shape index (κ3) is 3.12. The van der Waals surface area contributed by atoms with Crippen LogP contribution < -0.4 is 9.30 Å². The maximum Gasteiger partial charge on any atom is 0.228 e. The molecule has 0 radical (unpaired) electrons. The van der Waals surface area contributed by atoms with Crippen LogP contribution in [-0.2, 0) is 13.5 Å². The molecule has 1 aliphatic rings. The Bertz CT molecular complexity index is 1620. The van der Waals surface area contributed by atoms with Gasteiger partial charge in [-0.1, -0.05) is 62.7 Å². The van der Waals surface area contributed by atoms with Crippen LogP contribution >= 0.6 is 0 Å². The highest BCUT2D eigenvalue weighted by Gasteiger charge is 2.31. The molecule has 164 valence electrons. The second kappa shape index (κ2) is 6.81. The first-order chi connectivity index (χ1) is 15.7. The fraction of sp³-hybridized carbons (Fsp3) is 0.258. The fourth-order valence-electron chi connectivity index (χ4n) is 5.53. The lowest BCUT2D eigenvalue weighted by Crippen LogP contribution is -2.31. The SMILES string of the molecule is Cc1ccc2cc3c(c(C)c2c1)-c1c2c(c4ccc(CC(C)(C)C)cc4cc2cc[n+]1C)O3. The molecule has 0 saturated heterocycles. The maximum atomic E-state index is 6.76. The summed E-state index contributed by atoms with van der Waals surface area (Å²) in [6.45, 7) is 11.3. The van der Waals surface area contributed by atoms with E-state index < -0.39 is 0 Å². The molecule has 2 nitrogen and oxygen atoms in total. The predicted molar refractivity (Wildman–Crippen MR) is 138 cm³/mol. The van der Waals surface area contributed by atoms with Crippen molar-refractivity contribution in [2.24, 2.45) is 12.5 Å². The van der Waals surface area contributed by atoms with Crippen LogP contribution in [0.4, 0.5) is 0 Å². The van der Waals surface area contributed by atoms with Crippen LogP contribution in [0, 0.1) is 19.3 Å². The largest absolute Gasteiger partial charge is 0.455 e. The molecule has 0 bridgehead atoms. The Morgan fingerprint density at radius 1 is 0.818 bits per heavy atom. The van der Waals surface area contributed by atoms with E-state index in [0.29, 0.717) is 0 Å². The van der Waals surface area contributed by atoms with Crippen molar-refractivity contribution >= 4 is 32.3 Å². The van der Waals surface area contributed by atoms with Gasteiger partial charge in [0.25, 0.3) is 0 Å². The molecule has 0 saturated carbocycles. The molecule has 6 rings (SSSR count). The fourth-order valence-corrected chi connectivity index (χ4v) is 5.53. The zero-order chi connectivity index (χ0) is 23.1. The Balaban J connectivity index is 1.69. The minimum atomic E-state index is 0.256. The van der Waals surface area contributed by atoms with Gasteiger partial charge in [-0.05, 0) is 70.5 Å². The standard InChI is InChI=1S/C31H30NO/c1-18-7-9-21-16-26-27(19(2)25(21)13-18)29-28-22(11-12-32(29)6)15-23-14-20(17-31(3,4)5)8-10-24(23)30(28)33-26/h7-16H,17H2,1-6H3/q+1. The minimum Gasteiger partial charge on any atom is -0.455 e. The number of hydrogen-bond acceptors (Lipinski definition) is 1. The van der Waals surface area contributed by atoms with E-state index in [9.17, 15) is 0 Å². The van der Waals surface area contributed by atoms with Gasteiger partial charge >= 0.3 is 0 Å². The first-order valence-electron chi connectivity index (χ1n) is 11.8. The number of ether oxygens (including phenoxy) is 1. The highest BCUT2D eigenvalue weighted by Crippen LogP contribution is 2.50.